The predicted molar refractivity (Wildman–Crippen MR) is 87.4 cm³/mol. The summed E-state index contributed by atoms with van der Waals surface area (Å²) in [6, 6.07) is 12.0. The summed E-state index contributed by atoms with van der Waals surface area (Å²) in [5, 5.41) is 11.3. The Bertz CT molecular complexity index is 594. The zero-order chi connectivity index (χ0) is 14.7. The molecule has 2 aromatic carbocycles. The van der Waals surface area contributed by atoms with Gasteiger partial charge in [-0.15, -0.1) is 0 Å². The predicted octanol–water partition coefficient (Wildman–Crippen LogP) is 3.62. The molecule has 1 nitrogen and oxygen atoms in total. The molecule has 0 heterocycles. The van der Waals surface area contributed by atoms with Crippen LogP contribution in [-0.2, 0) is 6.42 Å². The van der Waals surface area contributed by atoms with E-state index in [1.807, 2.05) is 13.8 Å². The Morgan fingerprint density at radius 2 is 1.60 bits per heavy atom. The van der Waals surface area contributed by atoms with Crippen LogP contribution in [0.15, 0.2) is 30.3 Å². The lowest BCUT2D eigenvalue weighted by atomic mass is 10.0. The summed E-state index contributed by atoms with van der Waals surface area (Å²) in [5.41, 5.74) is 6.11. The van der Waals surface area contributed by atoms with Crippen LogP contribution in [0.25, 0.3) is 0 Å². The summed E-state index contributed by atoms with van der Waals surface area (Å²) in [6.07, 6.45) is 1.08. The number of benzene rings is 2. The first-order chi connectivity index (χ1) is 9.49. The first-order valence-corrected chi connectivity index (χ1v) is 8.29. The Labute approximate surface area is 124 Å². The maximum atomic E-state index is 9.80. The number of phenols is 1. The Morgan fingerprint density at radius 3 is 2.25 bits per heavy atom. The van der Waals surface area contributed by atoms with E-state index in [0.29, 0.717) is 5.75 Å². The van der Waals surface area contributed by atoms with E-state index < -0.39 is 0 Å². The van der Waals surface area contributed by atoms with Crippen LogP contribution in [0, 0.1) is 27.7 Å². The Morgan fingerprint density at radius 1 is 0.950 bits per heavy atom. The molecule has 2 rings (SSSR count). The van der Waals surface area contributed by atoms with Gasteiger partial charge in [-0.2, -0.15) is 0 Å². The van der Waals surface area contributed by atoms with E-state index in [4.69, 9.17) is 0 Å². The summed E-state index contributed by atoms with van der Waals surface area (Å²) in [7, 11) is 0.854. The van der Waals surface area contributed by atoms with Gasteiger partial charge >= 0.3 is 0 Å². The molecular weight excluding hydrogens is 260 g/mol. The van der Waals surface area contributed by atoms with Crippen molar-refractivity contribution in [2.24, 2.45) is 0 Å². The largest absolute Gasteiger partial charge is 0.507 e. The van der Waals surface area contributed by atoms with Crippen LogP contribution in [0.4, 0.5) is 0 Å². The molecule has 0 bridgehead atoms. The molecule has 0 aliphatic carbocycles. The van der Waals surface area contributed by atoms with Crippen LogP contribution in [-0.4, -0.2) is 14.6 Å². The van der Waals surface area contributed by atoms with Crippen LogP contribution < -0.4 is 5.19 Å². The number of phenolic OH excluding ortho intramolecular Hbond substituents is 1. The summed E-state index contributed by atoms with van der Waals surface area (Å²) in [6.45, 7) is 8.33. The second kappa shape index (κ2) is 6.27. The zero-order valence-electron chi connectivity index (χ0n) is 12.7. The highest BCUT2D eigenvalue weighted by atomic mass is 28.2. The Hall–Kier alpha value is -1.54. The third-order valence-corrected chi connectivity index (χ3v) is 5.31. The number of rotatable bonds is 4. The maximum absolute atomic E-state index is 9.80. The van der Waals surface area contributed by atoms with Gasteiger partial charge in [0.1, 0.15) is 5.75 Å². The number of aromatic hydroxyl groups is 1. The van der Waals surface area contributed by atoms with Crippen molar-refractivity contribution in [2.75, 3.05) is 0 Å². The lowest BCUT2D eigenvalue weighted by molar-refractivity contribution is 0.466. The Balaban J connectivity index is 2.01. The smallest absolute Gasteiger partial charge is 0.121 e. The van der Waals surface area contributed by atoms with Crippen LogP contribution in [0.2, 0.25) is 6.04 Å². The van der Waals surface area contributed by atoms with E-state index in [1.165, 1.54) is 27.9 Å². The standard InChI is InChI=1S/C18H22OSi/c1-12-6-5-7-17(15(12)4)20-9-8-16-10-13(2)18(19)14(3)11-16/h5-7,10-11,19H,8-9H2,1-4H3. The maximum Gasteiger partial charge on any atom is 0.121 e. The average molecular weight is 282 g/mol. The van der Waals surface area contributed by atoms with Crippen LogP contribution in [0.1, 0.15) is 27.8 Å². The highest BCUT2D eigenvalue weighted by Crippen LogP contribution is 2.23. The molecule has 1 N–H and O–H groups in total. The molecule has 0 fully saturated rings. The molecule has 0 aromatic heterocycles. The van der Waals surface area contributed by atoms with E-state index in [2.05, 4.69) is 44.2 Å². The molecule has 2 aromatic rings. The monoisotopic (exact) mass is 282 g/mol. The van der Waals surface area contributed by atoms with Gasteiger partial charge in [-0.1, -0.05) is 41.6 Å². The van der Waals surface area contributed by atoms with Crippen LogP contribution in [0.3, 0.4) is 0 Å². The molecule has 0 atom stereocenters. The SMILES string of the molecule is Cc1cccc([Si]CCc2cc(C)c(O)c(C)c2)c1C. The molecule has 0 saturated carbocycles. The molecule has 0 spiro atoms. The highest BCUT2D eigenvalue weighted by Gasteiger charge is 2.05. The minimum atomic E-state index is 0.436. The van der Waals surface area contributed by atoms with Crippen molar-refractivity contribution in [3.63, 3.8) is 0 Å². The average Bonchev–Trinajstić information content (AvgIpc) is 2.41. The molecule has 20 heavy (non-hydrogen) atoms. The van der Waals surface area contributed by atoms with E-state index >= 15 is 0 Å². The van der Waals surface area contributed by atoms with Crippen molar-refractivity contribution in [2.45, 2.75) is 40.2 Å². The van der Waals surface area contributed by atoms with Gasteiger partial charge in [0.2, 0.25) is 0 Å². The van der Waals surface area contributed by atoms with Gasteiger partial charge in [0.25, 0.3) is 0 Å². The minimum absolute atomic E-state index is 0.436. The fraction of sp³-hybridized carbons (Fsp3) is 0.333. The van der Waals surface area contributed by atoms with Crippen molar-refractivity contribution >= 4 is 14.7 Å². The second-order valence-electron chi connectivity index (χ2n) is 5.50. The third-order valence-electron chi connectivity index (χ3n) is 3.88. The molecule has 0 unspecified atom stereocenters. The van der Waals surface area contributed by atoms with E-state index in [0.717, 1.165) is 27.1 Å². The second-order valence-corrected chi connectivity index (χ2v) is 6.89. The van der Waals surface area contributed by atoms with Crippen LogP contribution >= 0.6 is 0 Å². The van der Waals surface area contributed by atoms with E-state index in [1.54, 1.807) is 0 Å². The number of hydrogen-bond acceptors (Lipinski definition) is 1. The lowest BCUT2D eigenvalue weighted by Crippen LogP contribution is -2.18. The van der Waals surface area contributed by atoms with Gasteiger partial charge in [0, 0.05) is 0 Å². The minimum Gasteiger partial charge on any atom is -0.507 e. The van der Waals surface area contributed by atoms with Gasteiger partial charge in [0.05, 0.1) is 9.52 Å². The van der Waals surface area contributed by atoms with Crippen molar-refractivity contribution in [1.82, 2.24) is 0 Å². The summed E-state index contributed by atoms with van der Waals surface area (Å²) < 4.78 is 0. The quantitative estimate of drug-likeness (QED) is 0.849. The molecule has 2 heteroatoms. The molecular formula is C18H22OSi. The van der Waals surface area contributed by atoms with E-state index in [-0.39, 0.29) is 0 Å². The first-order valence-electron chi connectivity index (χ1n) is 7.08. The van der Waals surface area contributed by atoms with Crippen LogP contribution in [0.5, 0.6) is 5.75 Å². The summed E-state index contributed by atoms with van der Waals surface area (Å²) in [4.78, 5) is 0. The van der Waals surface area contributed by atoms with Gasteiger partial charge < -0.3 is 5.11 Å². The first kappa shape index (κ1) is 14.9. The zero-order valence-corrected chi connectivity index (χ0v) is 13.7. The van der Waals surface area contributed by atoms with Gasteiger partial charge in [-0.05, 0) is 61.9 Å². The van der Waals surface area contributed by atoms with E-state index in [9.17, 15) is 5.11 Å². The molecule has 0 saturated heterocycles. The molecule has 0 aliphatic heterocycles. The van der Waals surface area contributed by atoms with Crippen molar-refractivity contribution in [3.8, 4) is 5.75 Å². The summed E-state index contributed by atoms with van der Waals surface area (Å²) >= 11 is 0. The van der Waals surface area contributed by atoms with Gasteiger partial charge in [-0.25, -0.2) is 0 Å². The normalized spacial score (nSPS) is 10.8. The third kappa shape index (κ3) is 3.31. The molecule has 0 amide bonds. The lowest BCUT2D eigenvalue weighted by Gasteiger charge is -2.09. The van der Waals surface area contributed by atoms with Gasteiger partial charge in [0.15, 0.2) is 0 Å². The molecule has 0 aliphatic rings. The molecule has 104 valence electrons. The van der Waals surface area contributed by atoms with Crippen molar-refractivity contribution in [1.29, 1.82) is 0 Å². The van der Waals surface area contributed by atoms with Gasteiger partial charge in [-0.3, -0.25) is 0 Å². The fourth-order valence-electron chi connectivity index (χ4n) is 2.47. The van der Waals surface area contributed by atoms with Crippen molar-refractivity contribution in [3.05, 3.63) is 58.1 Å². The summed E-state index contributed by atoms with van der Waals surface area (Å²) in [5.74, 6) is 0.436. The fourth-order valence-corrected chi connectivity index (χ4v) is 3.83. The highest BCUT2D eigenvalue weighted by molar-refractivity contribution is 6.54. The number of hydrogen-bond donors (Lipinski definition) is 1. The number of aryl methyl sites for hydroxylation is 4. The topological polar surface area (TPSA) is 20.2 Å². The molecule has 2 radical (unpaired) electrons. The Kier molecular flexibility index (Phi) is 4.66. The van der Waals surface area contributed by atoms with Crippen molar-refractivity contribution < 1.29 is 5.11 Å².